The summed E-state index contributed by atoms with van der Waals surface area (Å²) in [7, 11) is 0. The van der Waals surface area contributed by atoms with Crippen LogP contribution in [0.5, 0.6) is 0 Å². The third-order valence-corrected chi connectivity index (χ3v) is 1.23. The highest BCUT2D eigenvalue weighted by Crippen LogP contribution is 2.23. The van der Waals surface area contributed by atoms with Crippen molar-refractivity contribution >= 4 is 0 Å². The van der Waals surface area contributed by atoms with E-state index in [0.29, 0.717) is 5.82 Å². The van der Waals surface area contributed by atoms with Crippen molar-refractivity contribution in [2.45, 2.75) is 19.8 Å². The number of hydrogen-bond acceptors (Lipinski definition) is 2. The number of halogens is 2. The molecule has 0 aliphatic heterocycles. The monoisotopic (exact) mass is 158 g/mol. The Morgan fingerprint density at radius 1 is 1.45 bits per heavy atom. The van der Waals surface area contributed by atoms with Crippen LogP contribution in [0.4, 0.5) is 8.78 Å². The Bertz CT molecular complexity index is 255. The Morgan fingerprint density at radius 2 is 2.09 bits per heavy atom. The van der Waals surface area contributed by atoms with Crippen molar-refractivity contribution in [2.75, 3.05) is 0 Å². The summed E-state index contributed by atoms with van der Waals surface area (Å²) in [5.74, 6) is -2.50. The van der Waals surface area contributed by atoms with Gasteiger partial charge in [-0.2, -0.15) is 8.78 Å². The van der Waals surface area contributed by atoms with Crippen molar-refractivity contribution < 1.29 is 8.78 Å². The Hall–Kier alpha value is -1.06. The predicted molar refractivity (Wildman–Crippen MR) is 36.3 cm³/mol. The number of aromatic nitrogens is 2. The number of alkyl halides is 2. The summed E-state index contributed by atoms with van der Waals surface area (Å²) < 4.78 is 25.1. The first-order valence-electron chi connectivity index (χ1n) is 3.18. The van der Waals surface area contributed by atoms with Gasteiger partial charge < -0.3 is 0 Å². The van der Waals surface area contributed by atoms with E-state index in [0.717, 1.165) is 6.92 Å². The van der Waals surface area contributed by atoms with Crippen molar-refractivity contribution in [1.82, 2.24) is 9.97 Å². The molecular formula is C7H8F2N2. The summed E-state index contributed by atoms with van der Waals surface area (Å²) in [6, 6.07) is 1.22. The van der Waals surface area contributed by atoms with Crippen LogP contribution < -0.4 is 0 Å². The average molecular weight is 158 g/mol. The van der Waals surface area contributed by atoms with Crippen LogP contribution in [0.1, 0.15) is 18.4 Å². The normalized spacial score (nSPS) is 11.6. The Balaban J connectivity index is 3.06. The topological polar surface area (TPSA) is 25.8 Å². The molecule has 0 unspecified atom stereocenters. The molecule has 0 N–H and O–H groups in total. The summed E-state index contributed by atoms with van der Waals surface area (Å²) in [5, 5.41) is 0. The fourth-order valence-corrected chi connectivity index (χ4v) is 0.701. The average Bonchev–Trinajstić information content (AvgIpc) is 1.86. The van der Waals surface area contributed by atoms with Gasteiger partial charge in [-0.15, -0.1) is 0 Å². The molecule has 11 heavy (non-hydrogen) atoms. The zero-order valence-electron chi connectivity index (χ0n) is 6.31. The molecule has 0 amide bonds. The lowest BCUT2D eigenvalue weighted by Crippen LogP contribution is -2.10. The van der Waals surface area contributed by atoms with Gasteiger partial charge in [0.05, 0.1) is 0 Å². The molecular weight excluding hydrogens is 150 g/mol. The van der Waals surface area contributed by atoms with E-state index in [2.05, 4.69) is 9.97 Å². The van der Waals surface area contributed by atoms with Crippen LogP contribution in [0.2, 0.25) is 0 Å². The third kappa shape index (κ3) is 1.93. The van der Waals surface area contributed by atoms with Gasteiger partial charge >= 0.3 is 0 Å². The molecule has 1 aromatic rings. The Kier molecular flexibility index (Phi) is 1.85. The van der Waals surface area contributed by atoms with Crippen molar-refractivity contribution in [1.29, 1.82) is 0 Å². The smallest absolute Gasteiger partial charge is 0.242 e. The van der Waals surface area contributed by atoms with Crippen molar-refractivity contribution in [3.8, 4) is 0 Å². The second kappa shape index (κ2) is 2.53. The molecule has 0 bridgehead atoms. The molecule has 0 spiro atoms. The molecule has 0 aromatic carbocycles. The zero-order chi connectivity index (χ0) is 8.48. The highest BCUT2D eigenvalue weighted by Gasteiger charge is 2.25. The molecule has 1 rings (SSSR count). The van der Waals surface area contributed by atoms with Crippen LogP contribution in [0.3, 0.4) is 0 Å². The van der Waals surface area contributed by atoms with Crippen LogP contribution in [0.15, 0.2) is 12.3 Å². The van der Waals surface area contributed by atoms with Gasteiger partial charge in [0.25, 0.3) is 5.92 Å². The highest BCUT2D eigenvalue weighted by molar-refractivity contribution is 5.06. The Labute approximate surface area is 63.3 Å². The van der Waals surface area contributed by atoms with Gasteiger partial charge in [-0.25, -0.2) is 9.97 Å². The molecule has 0 saturated heterocycles. The van der Waals surface area contributed by atoms with E-state index < -0.39 is 5.92 Å². The molecule has 2 nitrogen and oxygen atoms in total. The van der Waals surface area contributed by atoms with Crippen LogP contribution in [-0.2, 0) is 5.92 Å². The van der Waals surface area contributed by atoms with Gasteiger partial charge in [0.15, 0.2) is 0 Å². The maximum Gasteiger partial charge on any atom is 0.287 e. The van der Waals surface area contributed by atoms with Gasteiger partial charge in [0.1, 0.15) is 11.5 Å². The highest BCUT2D eigenvalue weighted by atomic mass is 19.3. The Morgan fingerprint density at radius 3 is 2.45 bits per heavy atom. The molecule has 0 saturated carbocycles. The van der Waals surface area contributed by atoms with Gasteiger partial charge in [-0.05, 0) is 13.0 Å². The summed E-state index contributed by atoms with van der Waals surface area (Å²) in [6.45, 7) is 2.39. The predicted octanol–water partition coefficient (Wildman–Crippen LogP) is 1.90. The van der Waals surface area contributed by atoms with E-state index in [1.807, 2.05) is 0 Å². The summed E-state index contributed by atoms with van der Waals surface area (Å²) >= 11 is 0. The standard InChI is InChI=1S/C7H8F2N2/c1-5-10-4-3-6(11-5)7(2,8)9/h3-4H,1-2H3. The quantitative estimate of drug-likeness (QED) is 0.623. The number of rotatable bonds is 1. The minimum atomic E-state index is -2.87. The number of aryl methyl sites for hydroxylation is 1. The number of nitrogens with zero attached hydrogens (tertiary/aromatic N) is 2. The van der Waals surface area contributed by atoms with Crippen LogP contribution in [0.25, 0.3) is 0 Å². The molecule has 4 heteroatoms. The van der Waals surface area contributed by atoms with Crippen LogP contribution in [0, 0.1) is 6.92 Å². The lowest BCUT2D eigenvalue weighted by Gasteiger charge is -2.08. The third-order valence-electron chi connectivity index (χ3n) is 1.23. The maximum atomic E-state index is 12.5. The maximum absolute atomic E-state index is 12.5. The number of hydrogen-bond donors (Lipinski definition) is 0. The van der Waals surface area contributed by atoms with Gasteiger partial charge in [-0.1, -0.05) is 0 Å². The van der Waals surface area contributed by atoms with E-state index in [1.54, 1.807) is 6.92 Å². The van der Waals surface area contributed by atoms with Crippen molar-refractivity contribution in [2.24, 2.45) is 0 Å². The molecule has 0 fully saturated rings. The second-order valence-corrected chi connectivity index (χ2v) is 2.38. The minimum Gasteiger partial charge on any atom is -0.242 e. The van der Waals surface area contributed by atoms with E-state index in [1.165, 1.54) is 12.3 Å². The van der Waals surface area contributed by atoms with Crippen molar-refractivity contribution in [3.63, 3.8) is 0 Å². The van der Waals surface area contributed by atoms with E-state index in [4.69, 9.17) is 0 Å². The fourth-order valence-electron chi connectivity index (χ4n) is 0.701. The molecule has 1 aromatic heterocycles. The summed E-state index contributed by atoms with van der Waals surface area (Å²) in [4.78, 5) is 7.29. The summed E-state index contributed by atoms with van der Waals surface area (Å²) in [6.07, 6.45) is 1.33. The summed E-state index contributed by atoms with van der Waals surface area (Å²) in [5.41, 5.74) is -0.231. The van der Waals surface area contributed by atoms with Gasteiger partial charge in [0, 0.05) is 13.1 Å². The van der Waals surface area contributed by atoms with Gasteiger partial charge in [0.2, 0.25) is 0 Å². The molecule has 0 radical (unpaired) electrons. The molecule has 60 valence electrons. The lowest BCUT2D eigenvalue weighted by molar-refractivity contribution is 0.0124. The minimum absolute atomic E-state index is 0.231. The molecule has 0 atom stereocenters. The second-order valence-electron chi connectivity index (χ2n) is 2.38. The van der Waals surface area contributed by atoms with E-state index in [-0.39, 0.29) is 5.69 Å². The van der Waals surface area contributed by atoms with E-state index >= 15 is 0 Å². The first-order chi connectivity index (χ1) is 5.00. The first-order valence-corrected chi connectivity index (χ1v) is 3.18. The molecule has 0 aliphatic carbocycles. The fraction of sp³-hybridized carbons (Fsp3) is 0.429. The lowest BCUT2D eigenvalue weighted by atomic mass is 10.2. The van der Waals surface area contributed by atoms with Gasteiger partial charge in [-0.3, -0.25) is 0 Å². The van der Waals surface area contributed by atoms with Crippen LogP contribution in [-0.4, -0.2) is 9.97 Å². The first kappa shape index (κ1) is 8.04. The van der Waals surface area contributed by atoms with Crippen LogP contribution >= 0.6 is 0 Å². The molecule has 0 aliphatic rings. The SMILES string of the molecule is Cc1nccc(C(C)(F)F)n1. The zero-order valence-corrected chi connectivity index (χ0v) is 6.31. The van der Waals surface area contributed by atoms with Crippen molar-refractivity contribution in [3.05, 3.63) is 23.8 Å². The molecule has 1 heterocycles. The van der Waals surface area contributed by atoms with E-state index in [9.17, 15) is 8.78 Å². The largest absolute Gasteiger partial charge is 0.287 e.